The maximum Gasteiger partial charge on any atom is 0.311 e. The zero-order valence-corrected chi connectivity index (χ0v) is 12.0. The van der Waals surface area contributed by atoms with Crippen LogP contribution < -0.4 is 0 Å². The summed E-state index contributed by atoms with van der Waals surface area (Å²) in [6.07, 6.45) is 1.63. The minimum atomic E-state index is -0.825. The average Bonchev–Trinajstić information content (AvgIpc) is 2.74. The molecule has 1 amide bonds. The summed E-state index contributed by atoms with van der Waals surface area (Å²) in [7, 11) is 0. The van der Waals surface area contributed by atoms with E-state index in [2.05, 4.69) is 4.98 Å². The molecule has 1 fully saturated rings. The van der Waals surface area contributed by atoms with Crippen LogP contribution in [0, 0.1) is 12.3 Å². The van der Waals surface area contributed by atoms with Crippen LogP contribution in [0.15, 0.2) is 5.38 Å². The zero-order valence-electron chi connectivity index (χ0n) is 11.2. The van der Waals surface area contributed by atoms with Gasteiger partial charge in [-0.05, 0) is 26.7 Å². The van der Waals surface area contributed by atoms with Crippen molar-refractivity contribution in [3.05, 3.63) is 16.1 Å². The average molecular weight is 282 g/mol. The van der Waals surface area contributed by atoms with Gasteiger partial charge in [-0.25, -0.2) is 4.98 Å². The van der Waals surface area contributed by atoms with E-state index >= 15 is 0 Å². The van der Waals surface area contributed by atoms with E-state index in [9.17, 15) is 14.7 Å². The van der Waals surface area contributed by atoms with Crippen LogP contribution in [0.1, 0.15) is 30.5 Å². The molecular weight excluding hydrogens is 264 g/mol. The van der Waals surface area contributed by atoms with Gasteiger partial charge in [-0.2, -0.15) is 0 Å². The van der Waals surface area contributed by atoms with E-state index in [0.29, 0.717) is 19.5 Å². The third-order valence-electron chi connectivity index (χ3n) is 3.56. The number of carboxylic acids is 1. The molecule has 0 bridgehead atoms. The Kier molecular flexibility index (Phi) is 3.89. The largest absolute Gasteiger partial charge is 0.481 e. The highest BCUT2D eigenvalue weighted by atomic mass is 32.1. The number of aromatic nitrogens is 1. The molecule has 1 atom stereocenters. The van der Waals surface area contributed by atoms with Gasteiger partial charge in [0.25, 0.3) is 0 Å². The second-order valence-electron chi connectivity index (χ2n) is 5.32. The van der Waals surface area contributed by atoms with E-state index in [1.807, 2.05) is 12.3 Å². The fraction of sp³-hybridized carbons (Fsp3) is 0.615. The number of carbonyl (C=O) groups is 2. The summed E-state index contributed by atoms with van der Waals surface area (Å²) in [6, 6.07) is 0. The van der Waals surface area contributed by atoms with Crippen LogP contribution in [0.25, 0.3) is 0 Å². The minimum absolute atomic E-state index is 0.0301. The standard InChI is InChI=1S/C13H18N2O3S/c1-9-14-10(7-19-9)6-11(16)15-5-3-4-13(2,8-15)12(17)18/h7H,3-6,8H2,1-2H3,(H,17,18). The van der Waals surface area contributed by atoms with Crippen LogP contribution in [-0.4, -0.2) is 40.0 Å². The zero-order chi connectivity index (χ0) is 14.0. The number of nitrogens with zero attached hydrogens (tertiary/aromatic N) is 2. The van der Waals surface area contributed by atoms with Gasteiger partial charge >= 0.3 is 5.97 Å². The van der Waals surface area contributed by atoms with E-state index in [-0.39, 0.29) is 12.3 Å². The monoisotopic (exact) mass is 282 g/mol. The van der Waals surface area contributed by atoms with Crippen molar-refractivity contribution in [3.8, 4) is 0 Å². The molecule has 19 heavy (non-hydrogen) atoms. The Labute approximate surface area is 116 Å². The summed E-state index contributed by atoms with van der Waals surface area (Å²) in [5.41, 5.74) is -0.0403. The number of thiazole rings is 1. The van der Waals surface area contributed by atoms with Crippen LogP contribution in [0.2, 0.25) is 0 Å². The van der Waals surface area contributed by atoms with Crippen molar-refractivity contribution >= 4 is 23.2 Å². The van der Waals surface area contributed by atoms with Crippen LogP contribution in [-0.2, 0) is 16.0 Å². The molecule has 2 heterocycles. The molecule has 104 valence electrons. The smallest absolute Gasteiger partial charge is 0.311 e. The van der Waals surface area contributed by atoms with Gasteiger partial charge in [0.05, 0.1) is 22.5 Å². The highest BCUT2D eigenvalue weighted by Gasteiger charge is 2.39. The number of carbonyl (C=O) groups excluding carboxylic acids is 1. The molecule has 0 aromatic carbocycles. The number of amides is 1. The predicted octanol–water partition coefficient (Wildman–Crippen LogP) is 1.71. The summed E-state index contributed by atoms with van der Waals surface area (Å²) in [6.45, 7) is 4.55. The molecule has 1 aliphatic rings. The van der Waals surface area contributed by atoms with Crippen LogP contribution >= 0.6 is 11.3 Å². The quantitative estimate of drug-likeness (QED) is 0.916. The first kappa shape index (κ1) is 14.0. The maximum absolute atomic E-state index is 12.2. The van der Waals surface area contributed by atoms with Crippen molar-refractivity contribution in [2.75, 3.05) is 13.1 Å². The third-order valence-corrected chi connectivity index (χ3v) is 4.39. The molecule has 0 radical (unpaired) electrons. The van der Waals surface area contributed by atoms with E-state index in [0.717, 1.165) is 17.1 Å². The van der Waals surface area contributed by atoms with Gasteiger partial charge in [-0.15, -0.1) is 11.3 Å². The van der Waals surface area contributed by atoms with Crippen molar-refractivity contribution in [2.24, 2.45) is 5.41 Å². The molecule has 1 aromatic rings. The fourth-order valence-corrected chi connectivity index (χ4v) is 3.00. The van der Waals surface area contributed by atoms with Crippen molar-refractivity contribution in [1.29, 1.82) is 0 Å². The molecule has 1 saturated heterocycles. The Morgan fingerprint density at radius 2 is 2.32 bits per heavy atom. The number of carboxylic acid groups (broad SMARTS) is 1. The van der Waals surface area contributed by atoms with Gasteiger partial charge in [-0.1, -0.05) is 0 Å². The first-order chi connectivity index (χ1) is 8.90. The van der Waals surface area contributed by atoms with Gasteiger partial charge < -0.3 is 10.0 Å². The second-order valence-corrected chi connectivity index (χ2v) is 6.38. The summed E-state index contributed by atoms with van der Waals surface area (Å²) in [5, 5.41) is 12.1. The van der Waals surface area contributed by atoms with E-state index in [1.165, 1.54) is 11.3 Å². The Hall–Kier alpha value is -1.43. The van der Waals surface area contributed by atoms with Crippen molar-refractivity contribution in [2.45, 2.75) is 33.1 Å². The van der Waals surface area contributed by atoms with E-state index in [4.69, 9.17) is 0 Å². The Morgan fingerprint density at radius 1 is 1.58 bits per heavy atom. The molecule has 0 saturated carbocycles. The fourth-order valence-electron chi connectivity index (χ4n) is 2.38. The molecule has 5 nitrogen and oxygen atoms in total. The normalized spacial score (nSPS) is 23.4. The predicted molar refractivity (Wildman–Crippen MR) is 72.1 cm³/mol. The van der Waals surface area contributed by atoms with Crippen LogP contribution in [0.3, 0.4) is 0 Å². The lowest BCUT2D eigenvalue weighted by molar-refractivity contribution is -0.153. The third kappa shape index (κ3) is 3.12. The summed E-state index contributed by atoms with van der Waals surface area (Å²) in [4.78, 5) is 29.4. The highest BCUT2D eigenvalue weighted by Crippen LogP contribution is 2.30. The van der Waals surface area contributed by atoms with Crippen LogP contribution in [0.5, 0.6) is 0 Å². The number of rotatable bonds is 3. The molecule has 2 rings (SSSR count). The first-order valence-corrected chi connectivity index (χ1v) is 7.21. The maximum atomic E-state index is 12.2. The molecule has 0 spiro atoms. The molecule has 0 aliphatic carbocycles. The number of piperidine rings is 1. The number of likely N-dealkylation sites (tertiary alicyclic amines) is 1. The number of hydrogen-bond donors (Lipinski definition) is 1. The molecule has 1 aliphatic heterocycles. The molecule has 1 N–H and O–H groups in total. The highest BCUT2D eigenvalue weighted by molar-refractivity contribution is 7.09. The number of aliphatic carboxylic acids is 1. The number of aryl methyl sites for hydroxylation is 1. The van der Waals surface area contributed by atoms with Gasteiger partial charge in [0.1, 0.15) is 0 Å². The molecular formula is C13H18N2O3S. The lowest BCUT2D eigenvalue weighted by atomic mass is 9.82. The van der Waals surface area contributed by atoms with Gasteiger partial charge in [0.2, 0.25) is 5.91 Å². The molecule has 1 aromatic heterocycles. The van der Waals surface area contributed by atoms with Gasteiger partial charge in [0.15, 0.2) is 0 Å². The summed E-state index contributed by atoms with van der Waals surface area (Å²) in [5.74, 6) is -0.855. The Bertz CT molecular complexity index is 500. The minimum Gasteiger partial charge on any atom is -0.481 e. The topological polar surface area (TPSA) is 70.5 Å². The van der Waals surface area contributed by atoms with Crippen molar-refractivity contribution in [3.63, 3.8) is 0 Å². The SMILES string of the molecule is Cc1nc(CC(=O)N2CCCC(C)(C(=O)O)C2)cs1. The lowest BCUT2D eigenvalue weighted by Crippen LogP contribution is -2.48. The first-order valence-electron chi connectivity index (χ1n) is 6.33. The summed E-state index contributed by atoms with van der Waals surface area (Å²) < 4.78 is 0. The van der Waals surface area contributed by atoms with E-state index in [1.54, 1.807) is 11.8 Å². The van der Waals surface area contributed by atoms with Gasteiger partial charge in [-0.3, -0.25) is 9.59 Å². The Morgan fingerprint density at radius 3 is 2.89 bits per heavy atom. The van der Waals surface area contributed by atoms with Crippen molar-refractivity contribution < 1.29 is 14.7 Å². The lowest BCUT2D eigenvalue weighted by Gasteiger charge is -2.37. The summed E-state index contributed by atoms with van der Waals surface area (Å²) >= 11 is 1.52. The Balaban J connectivity index is 2.01. The molecule has 6 heteroatoms. The van der Waals surface area contributed by atoms with Gasteiger partial charge in [0, 0.05) is 18.5 Å². The van der Waals surface area contributed by atoms with Crippen LogP contribution in [0.4, 0.5) is 0 Å². The number of hydrogen-bond acceptors (Lipinski definition) is 4. The van der Waals surface area contributed by atoms with Crippen molar-refractivity contribution in [1.82, 2.24) is 9.88 Å². The molecule has 1 unspecified atom stereocenters. The van der Waals surface area contributed by atoms with E-state index < -0.39 is 11.4 Å². The second kappa shape index (κ2) is 5.28.